The Balaban J connectivity index is 2.04. The normalized spacial score (nSPS) is 21.3. The smallest absolute Gasteiger partial charge is 0.163 e. The van der Waals surface area contributed by atoms with E-state index >= 15 is 0 Å². The van der Waals surface area contributed by atoms with E-state index in [0.29, 0.717) is 11.6 Å². The summed E-state index contributed by atoms with van der Waals surface area (Å²) >= 11 is 0. The van der Waals surface area contributed by atoms with Gasteiger partial charge in [-0.05, 0) is 45.3 Å². The maximum atomic E-state index is 13.9. The summed E-state index contributed by atoms with van der Waals surface area (Å²) in [5.74, 6) is -1.48. The van der Waals surface area contributed by atoms with E-state index in [1.165, 1.54) is 18.9 Å². The average Bonchev–Trinajstić information content (AvgIpc) is 2.84. The van der Waals surface area contributed by atoms with Crippen molar-refractivity contribution in [3.8, 4) is 0 Å². The van der Waals surface area contributed by atoms with E-state index in [2.05, 4.69) is 17.1 Å². The average molecular weight is 282 g/mol. The van der Waals surface area contributed by atoms with Crippen molar-refractivity contribution >= 4 is 0 Å². The van der Waals surface area contributed by atoms with Crippen LogP contribution in [0.5, 0.6) is 0 Å². The van der Waals surface area contributed by atoms with Gasteiger partial charge in [-0.15, -0.1) is 0 Å². The number of nitrogens with one attached hydrogen (secondary N) is 1. The van der Waals surface area contributed by atoms with E-state index in [1.54, 1.807) is 12.1 Å². The molecular formula is C16H24F2N2. The molecule has 1 aliphatic heterocycles. The molecule has 1 heterocycles. The minimum absolute atomic E-state index is 0.122. The maximum Gasteiger partial charge on any atom is 0.163 e. The highest BCUT2D eigenvalue weighted by Crippen LogP contribution is 2.24. The van der Waals surface area contributed by atoms with Gasteiger partial charge in [0, 0.05) is 24.2 Å². The van der Waals surface area contributed by atoms with E-state index in [9.17, 15) is 8.78 Å². The number of hydrogen-bond acceptors (Lipinski definition) is 2. The van der Waals surface area contributed by atoms with Gasteiger partial charge in [-0.3, -0.25) is 0 Å². The van der Waals surface area contributed by atoms with Crippen LogP contribution in [0, 0.1) is 11.6 Å². The fourth-order valence-corrected chi connectivity index (χ4v) is 3.02. The van der Waals surface area contributed by atoms with Gasteiger partial charge in [-0.2, -0.15) is 0 Å². The first-order valence-electron chi connectivity index (χ1n) is 7.54. The second-order valence-corrected chi connectivity index (χ2v) is 5.57. The Bertz CT molecular complexity index is 436. The van der Waals surface area contributed by atoms with Crippen molar-refractivity contribution in [2.75, 3.05) is 19.6 Å². The largest absolute Gasteiger partial charge is 0.310 e. The molecule has 1 aliphatic rings. The van der Waals surface area contributed by atoms with E-state index < -0.39 is 11.6 Å². The summed E-state index contributed by atoms with van der Waals surface area (Å²) in [5.41, 5.74) is 0.443. The number of halogens is 2. The lowest BCUT2D eigenvalue weighted by Crippen LogP contribution is -2.32. The molecule has 4 heteroatoms. The van der Waals surface area contributed by atoms with E-state index in [1.807, 2.05) is 6.92 Å². The molecule has 1 N–H and O–H groups in total. The lowest BCUT2D eigenvalue weighted by Gasteiger charge is -2.25. The van der Waals surface area contributed by atoms with Crippen LogP contribution in [-0.2, 0) is 0 Å². The highest BCUT2D eigenvalue weighted by molar-refractivity contribution is 5.22. The number of benzene rings is 1. The molecule has 0 spiro atoms. The zero-order valence-corrected chi connectivity index (χ0v) is 12.3. The fraction of sp³-hybridized carbons (Fsp3) is 0.625. The van der Waals surface area contributed by atoms with Crippen LogP contribution in [0.3, 0.4) is 0 Å². The molecule has 1 saturated heterocycles. The van der Waals surface area contributed by atoms with Crippen molar-refractivity contribution in [1.29, 1.82) is 0 Å². The summed E-state index contributed by atoms with van der Waals surface area (Å²) in [7, 11) is 0. The fourth-order valence-electron chi connectivity index (χ4n) is 3.02. The lowest BCUT2D eigenvalue weighted by molar-refractivity contribution is 0.251. The molecule has 1 aromatic carbocycles. The highest BCUT2D eigenvalue weighted by Gasteiger charge is 2.23. The molecule has 112 valence electrons. The SMILES string of the molecule is CCNC(CCN1CCCC1C)c1cccc(F)c1F. The van der Waals surface area contributed by atoms with Crippen LogP contribution < -0.4 is 5.32 Å². The molecule has 1 fully saturated rings. The molecule has 2 nitrogen and oxygen atoms in total. The van der Waals surface area contributed by atoms with Gasteiger partial charge in [-0.25, -0.2) is 8.78 Å². The molecular weight excluding hydrogens is 258 g/mol. The molecule has 2 rings (SSSR count). The summed E-state index contributed by atoms with van der Waals surface area (Å²) in [6, 6.07) is 4.92. The van der Waals surface area contributed by atoms with Gasteiger partial charge in [0.2, 0.25) is 0 Å². The van der Waals surface area contributed by atoms with Gasteiger partial charge in [0.05, 0.1) is 0 Å². The van der Waals surface area contributed by atoms with Crippen LogP contribution in [0.1, 0.15) is 44.7 Å². The van der Waals surface area contributed by atoms with Gasteiger partial charge < -0.3 is 10.2 Å². The molecule has 1 aromatic rings. The van der Waals surface area contributed by atoms with Gasteiger partial charge in [0.15, 0.2) is 11.6 Å². The Morgan fingerprint density at radius 3 is 2.85 bits per heavy atom. The zero-order chi connectivity index (χ0) is 14.5. The Kier molecular flexibility index (Phi) is 5.49. The number of likely N-dealkylation sites (tertiary alicyclic amines) is 1. The van der Waals surface area contributed by atoms with Crippen LogP contribution in [0.15, 0.2) is 18.2 Å². The maximum absolute atomic E-state index is 13.9. The van der Waals surface area contributed by atoms with Crippen molar-refractivity contribution in [3.63, 3.8) is 0 Å². The summed E-state index contributed by atoms with van der Waals surface area (Å²) in [6.07, 6.45) is 3.28. The first-order chi connectivity index (χ1) is 9.63. The summed E-state index contributed by atoms with van der Waals surface area (Å²) in [5, 5.41) is 3.27. The van der Waals surface area contributed by atoms with Gasteiger partial charge in [0.1, 0.15) is 0 Å². The molecule has 2 atom stereocenters. The van der Waals surface area contributed by atoms with Crippen LogP contribution in [-0.4, -0.2) is 30.6 Å². The third-order valence-corrected chi connectivity index (χ3v) is 4.20. The predicted molar refractivity (Wildman–Crippen MR) is 77.7 cm³/mol. The van der Waals surface area contributed by atoms with Gasteiger partial charge in [-0.1, -0.05) is 19.1 Å². The second kappa shape index (κ2) is 7.14. The molecule has 20 heavy (non-hydrogen) atoms. The Labute approximate surface area is 120 Å². The first kappa shape index (κ1) is 15.4. The topological polar surface area (TPSA) is 15.3 Å². The summed E-state index contributed by atoms with van der Waals surface area (Å²) in [6.45, 7) is 7.01. The monoisotopic (exact) mass is 282 g/mol. The molecule has 0 radical (unpaired) electrons. The van der Waals surface area contributed by atoms with Crippen LogP contribution in [0.2, 0.25) is 0 Å². The Hall–Kier alpha value is -1.00. The van der Waals surface area contributed by atoms with Crippen molar-refractivity contribution in [2.24, 2.45) is 0 Å². The summed E-state index contributed by atoms with van der Waals surface area (Å²) in [4.78, 5) is 2.43. The molecule has 2 unspecified atom stereocenters. The van der Waals surface area contributed by atoms with Crippen LogP contribution in [0.4, 0.5) is 8.78 Å². The third-order valence-electron chi connectivity index (χ3n) is 4.20. The minimum atomic E-state index is -0.764. The van der Waals surface area contributed by atoms with E-state index in [4.69, 9.17) is 0 Å². The minimum Gasteiger partial charge on any atom is -0.310 e. The number of rotatable bonds is 6. The second-order valence-electron chi connectivity index (χ2n) is 5.57. The standard InChI is InChI=1S/C16H24F2N2/c1-3-19-15(9-11-20-10-5-6-12(20)2)13-7-4-8-14(17)16(13)18/h4,7-8,12,15,19H,3,5-6,9-11H2,1-2H3. The van der Waals surface area contributed by atoms with Gasteiger partial charge in [0.25, 0.3) is 0 Å². The molecule has 0 aliphatic carbocycles. The van der Waals surface area contributed by atoms with E-state index in [-0.39, 0.29) is 6.04 Å². The predicted octanol–water partition coefficient (Wildman–Crippen LogP) is 3.49. The zero-order valence-electron chi connectivity index (χ0n) is 12.3. The molecule has 0 aromatic heterocycles. The van der Waals surface area contributed by atoms with Gasteiger partial charge >= 0.3 is 0 Å². The quantitative estimate of drug-likeness (QED) is 0.859. The van der Waals surface area contributed by atoms with Crippen LogP contribution in [0.25, 0.3) is 0 Å². The Morgan fingerprint density at radius 2 is 2.20 bits per heavy atom. The van der Waals surface area contributed by atoms with Crippen molar-refractivity contribution in [3.05, 3.63) is 35.4 Å². The molecule has 0 bridgehead atoms. The number of nitrogens with zero attached hydrogens (tertiary/aromatic N) is 1. The number of hydrogen-bond donors (Lipinski definition) is 1. The molecule has 0 amide bonds. The van der Waals surface area contributed by atoms with Crippen molar-refractivity contribution in [2.45, 2.75) is 45.2 Å². The highest BCUT2D eigenvalue weighted by atomic mass is 19.2. The van der Waals surface area contributed by atoms with Crippen LogP contribution >= 0.6 is 0 Å². The third kappa shape index (κ3) is 3.55. The van der Waals surface area contributed by atoms with Crippen molar-refractivity contribution < 1.29 is 8.78 Å². The van der Waals surface area contributed by atoms with Crippen molar-refractivity contribution in [1.82, 2.24) is 10.2 Å². The Morgan fingerprint density at radius 1 is 1.40 bits per heavy atom. The molecule has 0 saturated carbocycles. The lowest BCUT2D eigenvalue weighted by atomic mass is 10.0. The first-order valence-corrected chi connectivity index (χ1v) is 7.54. The van der Waals surface area contributed by atoms with E-state index in [0.717, 1.165) is 26.1 Å². The summed E-state index contributed by atoms with van der Waals surface area (Å²) < 4.78 is 27.3.